The van der Waals surface area contributed by atoms with Crippen molar-refractivity contribution >= 4 is 12.0 Å². The Morgan fingerprint density at radius 2 is 1.79 bits per heavy atom. The first-order chi connectivity index (χ1) is 11.6. The molecule has 2 aromatic carbocycles. The number of nitrogens with one attached hydrogen (secondary N) is 2. The summed E-state index contributed by atoms with van der Waals surface area (Å²) in [5.74, 6) is -0.0882. The van der Waals surface area contributed by atoms with Crippen molar-refractivity contribution in [2.24, 2.45) is 0 Å². The second-order valence-electron chi connectivity index (χ2n) is 6.08. The van der Waals surface area contributed by atoms with Crippen molar-refractivity contribution in [1.82, 2.24) is 10.6 Å². The third-order valence-electron chi connectivity index (χ3n) is 4.36. The van der Waals surface area contributed by atoms with Crippen LogP contribution in [0.3, 0.4) is 0 Å². The average Bonchev–Trinajstić information content (AvgIpc) is 2.89. The van der Waals surface area contributed by atoms with Crippen molar-refractivity contribution in [3.8, 4) is 0 Å². The van der Waals surface area contributed by atoms with Gasteiger partial charge in [0.2, 0.25) is 5.91 Å². The molecule has 5 heteroatoms. The summed E-state index contributed by atoms with van der Waals surface area (Å²) in [7, 11) is 0. The number of ether oxygens (including phenoxy) is 1. The first-order valence-electron chi connectivity index (χ1n) is 7.92. The maximum Gasteiger partial charge on any atom is 0.407 e. The molecule has 0 saturated carbocycles. The van der Waals surface area contributed by atoms with Gasteiger partial charge >= 0.3 is 6.09 Å². The summed E-state index contributed by atoms with van der Waals surface area (Å²) in [5, 5.41) is 5.79. The minimum Gasteiger partial charge on any atom is -0.445 e. The van der Waals surface area contributed by atoms with E-state index in [9.17, 15) is 9.59 Å². The van der Waals surface area contributed by atoms with Gasteiger partial charge in [0, 0.05) is 6.42 Å². The van der Waals surface area contributed by atoms with Crippen molar-refractivity contribution in [1.29, 1.82) is 0 Å². The first kappa shape index (κ1) is 16.1. The summed E-state index contributed by atoms with van der Waals surface area (Å²) >= 11 is 0. The Labute approximate surface area is 141 Å². The highest BCUT2D eigenvalue weighted by Crippen LogP contribution is 2.31. The Morgan fingerprint density at radius 1 is 1.17 bits per heavy atom. The van der Waals surface area contributed by atoms with E-state index in [1.165, 1.54) is 0 Å². The van der Waals surface area contributed by atoms with Gasteiger partial charge < -0.3 is 15.4 Å². The number of hydrogen-bond acceptors (Lipinski definition) is 3. The molecule has 0 bridgehead atoms. The zero-order valence-corrected chi connectivity index (χ0v) is 13.5. The molecule has 2 amide bonds. The van der Waals surface area contributed by atoms with Crippen LogP contribution in [0.2, 0.25) is 0 Å². The number of carbonyl (C=O) groups is 2. The van der Waals surface area contributed by atoms with Gasteiger partial charge in [-0.25, -0.2) is 4.79 Å². The summed E-state index contributed by atoms with van der Waals surface area (Å²) in [6.07, 6.45) is -0.297. The standard InChI is InChI=1S/C19H20N2O3/c1-19(15-10-6-3-7-11-15)16(12-17(22)21-19)20-18(23)24-13-14-8-4-2-5-9-14/h2-11,16H,12-13H2,1H3,(H,20,23)(H,21,22). The van der Waals surface area contributed by atoms with E-state index in [1.54, 1.807) is 0 Å². The van der Waals surface area contributed by atoms with Gasteiger partial charge in [0.1, 0.15) is 6.61 Å². The topological polar surface area (TPSA) is 67.4 Å². The number of alkyl carbamates (subject to hydrolysis) is 1. The molecule has 0 aromatic heterocycles. The normalized spacial score (nSPS) is 22.7. The predicted octanol–water partition coefficient (Wildman–Crippen LogP) is 2.72. The van der Waals surface area contributed by atoms with Crippen LogP contribution < -0.4 is 10.6 Å². The lowest BCUT2D eigenvalue weighted by atomic mass is 9.86. The van der Waals surface area contributed by atoms with Crippen molar-refractivity contribution in [3.05, 3.63) is 71.8 Å². The molecule has 2 N–H and O–H groups in total. The molecule has 2 atom stereocenters. The molecular formula is C19H20N2O3. The second kappa shape index (κ2) is 6.74. The van der Waals surface area contributed by atoms with E-state index < -0.39 is 11.6 Å². The van der Waals surface area contributed by atoms with Crippen LogP contribution in [0.1, 0.15) is 24.5 Å². The summed E-state index contributed by atoms with van der Waals surface area (Å²) in [6.45, 7) is 2.11. The molecule has 0 spiro atoms. The van der Waals surface area contributed by atoms with Crippen LogP contribution in [-0.2, 0) is 21.7 Å². The smallest absolute Gasteiger partial charge is 0.407 e. The molecule has 1 heterocycles. The molecule has 1 fully saturated rings. The summed E-state index contributed by atoms with van der Waals surface area (Å²) in [5.41, 5.74) is 1.22. The molecule has 0 aliphatic carbocycles. The quantitative estimate of drug-likeness (QED) is 0.909. The van der Waals surface area contributed by atoms with Crippen LogP contribution in [-0.4, -0.2) is 18.0 Å². The summed E-state index contributed by atoms with van der Waals surface area (Å²) in [6, 6.07) is 18.7. The van der Waals surface area contributed by atoms with E-state index in [-0.39, 0.29) is 25.0 Å². The third-order valence-corrected chi connectivity index (χ3v) is 4.36. The minimum absolute atomic E-state index is 0.0882. The fourth-order valence-electron chi connectivity index (χ4n) is 2.98. The predicted molar refractivity (Wildman–Crippen MR) is 90.1 cm³/mol. The monoisotopic (exact) mass is 324 g/mol. The maximum absolute atomic E-state index is 12.1. The van der Waals surface area contributed by atoms with E-state index in [4.69, 9.17) is 4.74 Å². The molecule has 2 aromatic rings. The van der Waals surface area contributed by atoms with Crippen LogP contribution >= 0.6 is 0 Å². The Balaban J connectivity index is 1.66. The Hall–Kier alpha value is -2.82. The highest BCUT2D eigenvalue weighted by molar-refractivity contribution is 5.82. The number of benzene rings is 2. The van der Waals surface area contributed by atoms with Gasteiger partial charge in [0.05, 0.1) is 11.6 Å². The largest absolute Gasteiger partial charge is 0.445 e. The lowest BCUT2D eigenvalue weighted by molar-refractivity contribution is -0.119. The zero-order valence-electron chi connectivity index (χ0n) is 13.5. The van der Waals surface area contributed by atoms with Gasteiger partial charge in [-0.1, -0.05) is 60.7 Å². The molecule has 1 saturated heterocycles. The molecule has 5 nitrogen and oxygen atoms in total. The first-order valence-corrected chi connectivity index (χ1v) is 7.92. The molecule has 124 valence electrons. The summed E-state index contributed by atoms with van der Waals surface area (Å²) in [4.78, 5) is 24.0. The highest BCUT2D eigenvalue weighted by atomic mass is 16.5. The van der Waals surface area contributed by atoms with Crippen LogP contribution in [0.4, 0.5) is 4.79 Å². The Morgan fingerprint density at radius 3 is 2.46 bits per heavy atom. The fourth-order valence-corrected chi connectivity index (χ4v) is 2.98. The minimum atomic E-state index is -0.649. The molecule has 1 aliphatic heterocycles. The van der Waals surface area contributed by atoms with Crippen molar-refractivity contribution in [2.75, 3.05) is 0 Å². The van der Waals surface area contributed by atoms with Gasteiger partial charge in [0.15, 0.2) is 0 Å². The lowest BCUT2D eigenvalue weighted by Gasteiger charge is -2.31. The zero-order chi connectivity index (χ0) is 17.0. The molecule has 3 rings (SSSR count). The van der Waals surface area contributed by atoms with E-state index >= 15 is 0 Å². The SMILES string of the molecule is CC1(c2ccccc2)NC(=O)CC1NC(=O)OCc1ccccc1. The highest BCUT2D eigenvalue weighted by Gasteiger charge is 2.45. The number of carbonyl (C=O) groups excluding carboxylic acids is 2. The van der Waals surface area contributed by atoms with Crippen LogP contribution in [0.5, 0.6) is 0 Å². The Bertz CT molecular complexity index is 718. The van der Waals surface area contributed by atoms with E-state index in [0.717, 1.165) is 11.1 Å². The van der Waals surface area contributed by atoms with Gasteiger partial charge in [-0.3, -0.25) is 4.79 Å². The number of rotatable bonds is 4. The van der Waals surface area contributed by atoms with E-state index in [2.05, 4.69) is 10.6 Å². The van der Waals surface area contributed by atoms with Gasteiger partial charge in [-0.15, -0.1) is 0 Å². The molecule has 2 unspecified atom stereocenters. The fraction of sp³-hybridized carbons (Fsp3) is 0.263. The van der Waals surface area contributed by atoms with Crippen LogP contribution in [0, 0.1) is 0 Å². The summed E-state index contributed by atoms with van der Waals surface area (Å²) < 4.78 is 5.27. The van der Waals surface area contributed by atoms with Gasteiger partial charge in [0.25, 0.3) is 0 Å². The second-order valence-corrected chi connectivity index (χ2v) is 6.08. The van der Waals surface area contributed by atoms with Crippen molar-refractivity contribution in [3.63, 3.8) is 0 Å². The van der Waals surface area contributed by atoms with Crippen LogP contribution in [0.15, 0.2) is 60.7 Å². The molecule has 24 heavy (non-hydrogen) atoms. The van der Waals surface area contributed by atoms with Crippen LogP contribution in [0.25, 0.3) is 0 Å². The third kappa shape index (κ3) is 3.40. The van der Waals surface area contributed by atoms with E-state index in [1.807, 2.05) is 67.6 Å². The maximum atomic E-state index is 12.1. The number of hydrogen-bond donors (Lipinski definition) is 2. The van der Waals surface area contributed by atoms with Gasteiger partial charge in [-0.2, -0.15) is 0 Å². The Kier molecular flexibility index (Phi) is 4.51. The number of amides is 2. The van der Waals surface area contributed by atoms with Gasteiger partial charge in [-0.05, 0) is 18.1 Å². The molecule has 0 radical (unpaired) electrons. The van der Waals surface area contributed by atoms with E-state index in [0.29, 0.717) is 0 Å². The lowest BCUT2D eigenvalue weighted by Crippen LogP contribution is -2.50. The molecule has 1 aliphatic rings. The average molecular weight is 324 g/mol. The van der Waals surface area contributed by atoms with Crippen molar-refractivity contribution < 1.29 is 14.3 Å². The van der Waals surface area contributed by atoms with Crippen molar-refractivity contribution in [2.45, 2.75) is 31.5 Å². The molecular weight excluding hydrogens is 304 g/mol.